The van der Waals surface area contributed by atoms with E-state index in [1.165, 1.54) is 23.1 Å². The van der Waals surface area contributed by atoms with Crippen LogP contribution in [0.1, 0.15) is 84.1 Å². The van der Waals surface area contributed by atoms with Crippen LogP contribution >= 0.6 is 0 Å². The number of aryl methyl sites for hydroxylation is 1. The molecule has 8 rings (SSSR count). The standard InChI is InChI=1S/C43H49FN6O9S/c1-24-12-14-25(15-13-24)36-46-34-30-20-27(44)16-19-33(30)58-35(34)38(47-36)57-28-21-32-37(51)48-43(40(53)49-60(55,56)29-17-18-29)22-26(43)10-8-6-5-7-9-11-31(39(52)50(32)23-28)45-41(54)59-42(2,3)4/h8,10,12-16,19-20,26,28-29,31-32H,5-7,9,11,17-18,21-23H2,1-4H3,(H,45,54)(H,48,51)(H,49,53)/b10-8-. The Bertz CT molecular complexity index is 2500. The van der Waals surface area contributed by atoms with E-state index in [2.05, 4.69) is 15.4 Å². The summed E-state index contributed by atoms with van der Waals surface area (Å²) < 4.78 is 60.8. The molecule has 4 amide bonds. The summed E-state index contributed by atoms with van der Waals surface area (Å²) >= 11 is 0. The molecule has 2 saturated carbocycles. The Morgan fingerprint density at radius 1 is 1.03 bits per heavy atom. The maximum Gasteiger partial charge on any atom is 0.408 e. The normalized spacial score (nSPS) is 25.6. The predicted molar refractivity (Wildman–Crippen MR) is 218 cm³/mol. The summed E-state index contributed by atoms with van der Waals surface area (Å²) in [4.78, 5) is 67.0. The lowest BCUT2D eigenvalue weighted by Crippen LogP contribution is -2.58. The molecule has 3 N–H and O–H groups in total. The highest BCUT2D eigenvalue weighted by Gasteiger charge is 2.62. The van der Waals surface area contributed by atoms with Gasteiger partial charge in [0.25, 0.3) is 11.8 Å². The van der Waals surface area contributed by atoms with Crippen molar-refractivity contribution in [2.45, 2.75) is 120 Å². The third kappa shape index (κ3) is 8.67. The zero-order valence-corrected chi connectivity index (χ0v) is 34.8. The van der Waals surface area contributed by atoms with Gasteiger partial charge in [0.1, 0.15) is 46.2 Å². The Morgan fingerprint density at radius 2 is 1.80 bits per heavy atom. The molecule has 4 aliphatic rings. The highest BCUT2D eigenvalue weighted by molar-refractivity contribution is 7.91. The third-order valence-corrected chi connectivity index (χ3v) is 13.2. The Balaban J connectivity index is 1.15. The number of halogens is 1. The first-order valence-corrected chi connectivity index (χ1v) is 22.0. The first-order chi connectivity index (χ1) is 28.5. The van der Waals surface area contributed by atoms with Crippen molar-refractivity contribution >= 4 is 55.9 Å². The summed E-state index contributed by atoms with van der Waals surface area (Å²) in [5, 5.41) is 5.33. The van der Waals surface area contributed by atoms with E-state index in [1.807, 2.05) is 43.3 Å². The largest absolute Gasteiger partial charge is 0.470 e. The second-order valence-corrected chi connectivity index (χ2v) is 19.3. The Labute approximate surface area is 346 Å². The molecule has 4 aromatic rings. The number of carbonyl (C=O) groups excluding carboxylic acids is 4. The number of hydrogen-bond acceptors (Lipinski definition) is 11. The summed E-state index contributed by atoms with van der Waals surface area (Å²) in [5.74, 6) is -2.78. The fourth-order valence-corrected chi connectivity index (χ4v) is 9.32. The zero-order chi connectivity index (χ0) is 42.6. The molecule has 60 heavy (non-hydrogen) atoms. The van der Waals surface area contributed by atoms with Crippen molar-refractivity contribution in [1.82, 2.24) is 30.2 Å². The molecule has 2 aromatic carbocycles. The van der Waals surface area contributed by atoms with Gasteiger partial charge in [-0.2, -0.15) is 4.98 Å². The van der Waals surface area contributed by atoms with Crippen LogP contribution in [0.3, 0.4) is 0 Å². The van der Waals surface area contributed by atoms with Crippen LogP contribution in [0.2, 0.25) is 0 Å². The number of ether oxygens (including phenoxy) is 2. The fourth-order valence-electron chi connectivity index (χ4n) is 7.96. The molecule has 5 unspecified atom stereocenters. The summed E-state index contributed by atoms with van der Waals surface area (Å²) in [6.45, 7) is 6.94. The van der Waals surface area contributed by atoms with Crippen molar-refractivity contribution in [2.24, 2.45) is 5.92 Å². The second-order valence-electron chi connectivity index (χ2n) is 17.3. The van der Waals surface area contributed by atoms with Gasteiger partial charge in [0.15, 0.2) is 5.82 Å². The van der Waals surface area contributed by atoms with E-state index >= 15 is 0 Å². The SMILES string of the molecule is Cc1ccc(-c2nc(OC3CC4C(=O)NC5(C(=O)NS(=O)(=O)C6CC6)CC5/C=C\CCCCCC(NC(=O)OC(C)(C)C)C(=O)N4C3)c3oc4ccc(F)cc4c3n2)cc1. The maximum atomic E-state index is 14.7. The van der Waals surface area contributed by atoms with Gasteiger partial charge in [0, 0.05) is 23.3 Å². The number of furan rings is 1. The molecule has 15 nitrogen and oxygen atoms in total. The average molecular weight is 845 g/mol. The van der Waals surface area contributed by atoms with Crippen molar-refractivity contribution in [1.29, 1.82) is 0 Å². The van der Waals surface area contributed by atoms with Crippen LogP contribution in [0.4, 0.5) is 9.18 Å². The number of fused-ring (bicyclic) bond motifs is 5. The van der Waals surface area contributed by atoms with Crippen LogP contribution in [0.5, 0.6) is 5.88 Å². The van der Waals surface area contributed by atoms with Gasteiger partial charge >= 0.3 is 6.09 Å². The van der Waals surface area contributed by atoms with Gasteiger partial charge in [-0.15, -0.1) is 0 Å². The highest BCUT2D eigenvalue weighted by atomic mass is 32.2. The minimum atomic E-state index is -3.94. The Morgan fingerprint density at radius 3 is 2.53 bits per heavy atom. The molecule has 1 saturated heterocycles. The number of nitrogens with zero attached hydrogens (tertiary/aromatic N) is 3. The fraction of sp³-hybridized carbons (Fsp3) is 0.488. The number of nitrogens with one attached hydrogen (secondary N) is 3. The molecule has 3 fully saturated rings. The van der Waals surface area contributed by atoms with Crippen molar-refractivity contribution < 1.29 is 45.9 Å². The van der Waals surface area contributed by atoms with Crippen LogP contribution in [-0.4, -0.2) is 88.2 Å². The van der Waals surface area contributed by atoms with E-state index in [-0.39, 0.29) is 43.1 Å². The lowest BCUT2D eigenvalue weighted by atomic mass is 10.0. The van der Waals surface area contributed by atoms with E-state index < -0.39 is 80.2 Å². The van der Waals surface area contributed by atoms with Crippen molar-refractivity contribution in [2.75, 3.05) is 6.54 Å². The number of aromatic nitrogens is 2. The van der Waals surface area contributed by atoms with Crippen molar-refractivity contribution in [3.63, 3.8) is 0 Å². The first kappa shape index (κ1) is 41.2. The topological polar surface area (TPSA) is 199 Å². The predicted octanol–water partition coefficient (Wildman–Crippen LogP) is 5.74. The molecule has 2 aliphatic carbocycles. The molecule has 4 heterocycles. The van der Waals surface area contributed by atoms with Crippen LogP contribution < -0.4 is 20.1 Å². The van der Waals surface area contributed by atoms with Gasteiger partial charge in [-0.1, -0.05) is 54.8 Å². The smallest absolute Gasteiger partial charge is 0.408 e. The molecule has 5 atom stereocenters. The number of hydrogen-bond donors (Lipinski definition) is 3. The number of alkyl carbamates (subject to hydrolysis) is 1. The monoisotopic (exact) mass is 844 g/mol. The van der Waals surface area contributed by atoms with Crippen molar-refractivity contribution in [3.05, 3.63) is 66.0 Å². The van der Waals surface area contributed by atoms with Gasteiger partial charge < -0.3 is 29.4 Å². The number of amides is 4. The highest BCUT2D eigenvalue weighted by Crippen LogP contribution is 2.46. The number of benzene rings is 2. The van der Waals surface area contributed by atoms with Crippen molar-refractivity contribution in [3.8, 4) is 17.3 Å². The van der Waals surface area contributed by atoms with E-state index in [0.717, 1.165) is 18.4 Å². The van der Waals surface area contributed by atoms with Gasteiger partial charge in [-0.3, -0.25) is 19.1 Å². The second kappa shape index (κ2) is 15.8. The van der Waals surface area contributed by atoms with Gasteiger partial charge in [0.2, 0.25) is 27.4 Å². The van der Waals surface area contributed by atoms with Gasteiger partial charge in [-0.05, 0) is 84.4 Å². The van der Waals surface area contributed by atoms with Crippen LogP contribution in [0.25, 0.3) is 33.5 Å². The van der Waals surface area contributed by atoms with Crippen LogP contribution in [0.15, 0.2) is 59.0 Å². The molecule has 318 valence electrons. The summed E-state index contributed by atoms with van der Waals surface area (Å²) in [6, 6.07) is 9.26. The van der Waals surface area contributed by atoms with Crippen LogP contribution in [-0.2, 0) is 29.1 Å². The molecule has 17 heteroatoms. The number of rotatable bonds is 7. The molecule has 2 aromatic heterocycles. The lowest BCUT2D eigenvalue weighted by molar-refractivity contribution is -0.141. The first-order valence-electron chi connectivity index (χ1n) is 20.5. The lowest BCUT2D eigenvalue weighted by Gasteiger charge is -2.30. The van der Waals surface area contributed by atoms with E-state index in [0.29, 0.717) is 47.7 Å². The minimum Gasteiger partial charge on any atom is -0.470 e. The van der Waals surface area contributed by atoms with Crippen LogP contribution in [0, 0.1) is 18.7 Å². The summed E-state index contributed by atoms with van der Waals surface area (Å²) in [5.41, 5.74) is 0.0372. The van der Waals surface area contributed by atoms with E-state index in [1.54, 1.807) is 20.8 Å². The summed E-state index contributed by atoms with van der Waals surface area (Å²) in [7, 11) is -3.94. The maximum absolute atomic E-state index is 14.7. The van der Waals surface area contributed by atoms with E-state index in [4.69, 9.17) is 23.9 Å². The Kier molecular flexibility index (Phi) is 10.8. The quantitative estimate of drug-likeness (QED) is 0.192. The third-order valence-electron chi connectivity index (χ3n) is 11.4. The molecule has 0 radical (unpaired) electrons. The number of sulfonamides is 1. The molecular formula is C43H49FN6O9S. The zero-order valence-electron chi connectivity index (χ0n) is 34.0. The minimum absolute atomic E-state index is 0.00439. The molecule has 2 aliphatic heterocycles. The molecule has 0 spiro atoms. The number of allylic oxidation sites excluding steroid dienone is 1. The number of carbonyl (C=O) groups is 4. The molecule has 0 bridgehead atoms. The summed E-state index contributed by atoms with van der Waals surface area (Å²) in [6.07, 6.45) is 6.05. The van der Waals surface area contributed by atoms with Gasteiger partial charge in [-0.25, -0.2) is 22.6 Å². The Hall–Kier alpha value is -5.58. The molecular weight excluding hydrogens is 796 g/mol. The van der Waals surface area contributed by atoms with E-state index in [9.17, 15) is 32.0 Å². The average Bonchev–Trinajstić information content (AvgIpc) is 4.08. The van der Waals surface area contributed by atoms with Gasteiger partial charge in [0.05, 0.1) is 11.8 Å².